The molecule has 0 unspecified atom stereocenters. The first-order chi connectivity index (χ1) is 11.8. The molecule has 0 saturated carbocycles. The average Bonchev–Trinajstić information content (AvgIpc) is 3.34. The monoisotopic (exact) mass is 414 g/mol. The fraction of sp³-hybridized carbons (Fsp3) is 0. The number of benzene rings is 1. The van der Waals surface area contributed by atoms with E-state index in [0.29, 0.717) is 5.13 Å². The van der Waals surface area contributed by atoms with Crippen LogP contribution in [0.1, 0.15) is 0 Å². The summed E-state index contributed by atoms with van der Waals surface area (Å²) in [6, 6.07) is 16.4. The molecule has 0 spiro atoms. The molecule has 1 aromatic carbocycles. The van der Waals surface area contributed by atoms with Crippen molar-refractivity contribution in [1.82, 2.24) is 9.55 Å². The first-order valence-corrected chi connectivity index (χ1v) is 9.69. The fourth-order valence-corrected chi connectivity index (χ4v) is 3.80. The Bertz CT molecular complexity index is 955. The number of nitrogens with zero attached hydrogens (tertiary/aromatic N) is 4. The number of thiazole rings is 1. The van der Waals surface area contributed by atoms with Crippen LogP contribution in [-0.2, 0) is 0 Å². The molecule has 0 fully saturated rings. The van der Waals surface area contributed by atoms with Gasteiger partial charge in [0.2, 0.25) is 5.13 Å². The number of azo groups is 1. The van der Waals surface area contributed by atoms with Gasteiger partial charge in [-0.15, -0.1) is 32.9 Å². The normalized spacial score (nSPS) is 11.4. The molecule has 3 aromatic heterocycles. The van der Waals surface area contributed by atoms with Crippen LogP contribution >= 0.6 is 38.6 Å². The number of thiophene rings is 1. The van der Waals surface area contributed by atoms with E-state index in [1.165, 1.54) is 16.2 Å². The van der Waals surface area contributed by atoms with Crippen LogP contribution in [0.2, 0.25) is 0 Å². The van der Waals surface area contributed by atoms with E-state index in [1.54, 1.807) is 17.5 Å². The second-order valence-electron chi connectivity index (χ2n) is 4.88. The van der Waals surface area contributed by atoms with Crippen molar-refractivity contribution in [3.63, 3.8) is 0 Å². The van der Waals surface area contributed by atoms with Crippen molar-refractivity contribution in [2.75, 3.05) is 0 Å². The largest absolute Gasteiger partial charge is 0.292 e. The van der Waals surface area contributed by atoms with Crippen molar-refractivity contribution in [2.45, 2.75) is 0 Å². The zero-order valence-corrected chi connectivity index (χ0v) is 15.6. The average molecular weight is 415 g/mol. The van der Waals surface area contributed by atoms with Crippen molar-refractivity contribution < 1.29 is 0 Å². The molecular formula is C17H11BrN4S2. The first kappa shape index (κ1) is 15.4. The molecule has 4 aromatic rings. The Balaban J connectivity index is 1.83. The van der Waals surface area contributed by atoms with Gasteiger partial charge in [-0.2, -0.15) is 0 Å². The lowest BCUT2D eigenvalue weighted by molar-refractivity contribution is 1.04. The van der Waals surface area contributed by atoms with Crippen molar-refractivity contribution >= 4 is 49.6 Å². The van der Waals surface area contributed by atoms with Crippen LogP contribution in [0.15, 0.2) is 80.2 Å². The predicted molar refractivity (Wildman–Crippen MR) is 103 cm³/mol. The zero-order chi connectivity index (χ0) is 16.4. The molecular weight excluding hydrogens is 404 g/mol. The maximum absolute atomic E-state index is 4.41. The van der Waals surface area contributed by atoms with E-state index in [9.17, 15) is 0 Å². The van der Waals surface area contributed by atoms with Gasteiger partial charge in [0.05, 0.1) is 10.6 Å². The molecule has 0 bridgehead atoms. The van der Waals surface area contributed by atoms with Gasteiger partial charge in [0.15, 0.2) is 5.82 Å². The topological polar surface area (TPSA) is 42.5 Å². The van der Waals surface area contributed by atoms with Crippen LogP contribution in [0, 0.1) is 0 Å². The third-order valence-corrected chi connectivity index (χ3v) is 5.45. The standard InChI is InChI=1S/C17H11BrN4S2/c18-12-3-5-13(6-4-12)22-14(15-2-1-10-23-15)7-8-16(22)20-21-17-19-9-11-24-17/h1-11H/b21-20+. The Morgan fingerprint density at radius 1 is 0.917 bits per heavy atom. The van der Waals surface area contributed by atoms with Gasteiger partial charge < -0.3 is 0 Å². The maximum Gasteiger partial charge on any atom is 0.229 e. The molecule has 0 atom stereocenters. The highest BCUT2D eigenvalue weighted by Crippen LogP contribution is 2.34. The number of aromatic nitrogens is 2. The molecule has 0 aliphatic heterocycles. The van der Waals surface area contributed by atoms with Crippen molar-refractivity contribution in [3.05, 3.63) is 70.0 Å². The summed E-state index contributed by atoms with van der Waals surface area (Å²) in [5.41, 5.74) is 2.14. The Kier molecular flexibility index (Phi) is 4.38. The van der Waals surface area contributed by atoms with Gasteiger partial charge in [-0.1, -0.05) is 22.0 Å². The molecule has 4 nitrogen and oxygen atoms in total. The molecule has 0 aliphatic rings. The molecule has 3 heterocycles. The molecule has 0 N–H and O–H groups in total. The summed E-state index contributed by atoms with van der Waals surface area (Å²) in [5, 5.41) is 13.3. The van der Waals surface area contributed by atoms with Gasteiger partial charge in [-0.05, 0) is 47.8 Å². The van der Waals surface area contributed by atoms with Gasteiger partial charge >= 0.3 is 0 Å². The van der Waals surface area contributed by atoms with Gasteiger partial charge in [0.1, 0.15) is 0 Å². The fourth-order valence-electron chi connectivity index (χ4n) is 2.34. The van der Waals surface area contributed by atoms with Crippen LogP contribution in [0.4, 0.5) is 10.9 Å². The van der Waals surface area contributed by atoms with Gasteiger partial charge in [0.25, 0.3) is 0 Å². The van der Waals surface area contributed by atoms with E-state index in [1.807, 2.05) is 23.6 Å². The Labute approximate surface area is 155 Å². The Hall–Kier alpha value is -2.09. The molecule has 0 saturated heterocycles. The van der Waals surface area contributed by atoms with Crippen molar-refractivity contribution in [1.29, 1.82) is 0 Å². The minimum Gasteiger partial charge on any atom is -0.292 e. The van der Waals surface area contributed by atoms with E-state index in [0.717, 1.165) is 21.7 Å². The van der Waals surface area contributed by atoms with Gasteiger partial charge in [-0.25, -0.2) is 4.98 Å². The Morgan fingerprint density at radius 2 is 1.79 bits per heavy atom. The van der Waals surface area contributed by atoms with Crippen LogP contribution in [-0.4, -0.2) is 9.55 Å². The van der Waals surface area contributed by atoms with Gasteiger partial charge in [0, 0.05) is 21.7 Å². The predicted octanol–water partition coefficient (Wildman–Crippen LogP) is 6.84. The summed E-state index contributed by atoms with van der Waals surface area (Å²) in [6.07, 6.45) is 1.73. The lowest BCUT2D eigenvalue weighted by Crippen LogP contribution is -1.95. The molecule has 4 rings (SSSR count). The summed E-state index contributed by atoms with van der Waals surface area (Å²) in [7, 11) is 0. The lowest BCUT2D eigenvalue weighted by Gasteiger charge is -2.10. The third-order valence-electron chi connectivity index (χ3n) is 3.38. The van der Waals surface area contributed by atoms with Crippen LogP contribution < -0.4 is 0 Å². The zero-order valence-electron chi connectivity index (χ0n) is 12.3. The first-order valence-electron chi connectivity index (χ1n) is 7.14. The molecule has 24 heavy (non-hydrogen) atoms. The van der Waals surface area contributed by atoms with Crippen LogP contribution in [0.5, 0.6) is 0 Å². The second kappa shape index (κ2) is 6.80. The molecule has 0 aliphatic carbocycles. The third kappa shape index (κ3) is 3.10. The summed E-state index contributed by atoms with van der Waals surface area (Å²) < 4.78 is 3.15. The van der Waals surface area contributed by atoms with Gasteiger partial charge in [-0.3, -0.25) is 4.57 Å². The molecule has 118 valence electrons. The summed E-state index contributed by atoms with van der Waals surface area (Å²) in [4.78, 5) is 5.34. The smallest absolute Gasteiger partial charge is 0.229 e. The number of rotatable bonds is 4. The highest BCUT2D eigenvalue weighted by Gasteiger charge is 2.12. The SMILES string of the molecule is Brc1ccc(-n2c(/N=N/c3nccs3)ccc2-c2cccs2)cc1. The Morgan fingerprint density at radius 3 is 2.50 bits per heavy atom. The second-order valence-corrected chi connectivity index (χ2v) is 7.62. The van der Waals surface area contributed by atoms with E-state index in [-0.39, 0.29) is 0 Å². The van der Waals surface area contributed by atoms with E-state index in [4.69, 9.17) is 0 Å². The number of hydrogen-bond donors (Lipinski definition) is 0. The highest BCUT2D eigenvalue weighted by molar-refractivity contribution is 9.10. The quantitative estimate of drug-likeness (QED) is 0.337. The highest BCUT2D eigenvalue weighted by atomic mass is 79.9. The van der Waals surface area contributed by atoms with E-state index in [2.05, 4.69) is 71.4 Å². The van der Waals surface area contributed by atoms with E-state index < -0.39 is 0 Å². The lowest BCUT2D eigenvalue weighted by atomic mass is 10.3. The van der Waals surface area contributed by atoms with Crippen LogP contribution in [0.25, 0.3) is 16.3 Å². The van der Waals surface area contributed by atoms with Crippen LogP contribution in [0.3, 0.4) is 0 Å². The minimum absolute atomic E-state index is 0.649. The van der Waals surface area contributed by atoms with Crippen molar-refractivity contribution in [2.24, 2.45) is 10.2 Å². The number of hydrogen-bond acceptors (Lipinski definition) is 5. The maximum atomic E-state index is 4.41. The minimum atomic E-state index is 0.649. The molecule has 0 radical (unpaired) electrons. The molecule has 7 heteroatoms. The molecule has 0 amide bonds. The summed E-state index contributed by atoms with van der Waals surface area (Å²) in [5.74, 6) is 0.774. The number of halogens is 1. The summed E-state index contributed by atoms with van der Waals surface area (Å²) >= 11 is 6.66. The van der Waals surface area contributed by atoms with Crippen molar-refractivity contribution in [3.8, 4) is 16.3 Å². The summed E-state index contributed by atoms with van der Waals surface area (Å²) in [6.45, 7) is 0. The van der Waals surface area contributed by atoms with E-state index >= 15 is 0 Å².